The van der Waals surface area contributed by atoms with Crippen LogP contribution < -0.4 is 10.2 Å². The molecule has 0 saturated carbocycles. The van der Waals surface area contributed by atoms with E-state index in [-0.39, 0.29) is 5.91 Å². The molecule has 1 N–H and O–H groups in total. The van der Waals surface area contributed by atoms with Crippen LogP contribution in [0.2, 0.25) is 0 Å². The molecule has 0 fully saturated rings. The summed E-state index contributed by atoms with van der Waals surface area (Å²) >= 11 is 1.64. The molecule has 116 valence electrons. The summed E-state index contributed by atoms with van der Waals surface area (Å²) in [6, 6.07) is 16.1. The van der Waals surface area contributed by atoms with Crippen LogP contribution in [-0.4, -0.2) is 25.8 Å². The second-order valence-electron chi connectivity index (χ2n) is 5.41. The van der Waals surface area contributed by atoms with E-state index < -0.39 is 0 Å². The number of amides is 1. The number of carbonyl (C=O) groups excluding carboxylic acids is 1. The van der Waals surface area contributed by atoms with E-state index in [0.717, 1.165) is 17.1 Å². The molecule has 0 spiro atoms. The van der Waals surface area contributed by atoms with Crippen molar-refractivity contribution in [2.24, 2.45) is 0 Å². The Hall–Kier alpha value is -1.94. The van der Waals surface area contributed by atoms with Gasteiger partial charge in [0.1, 0.15) is 0 Å². The van der Waals surface area contributed by atoms with Crippen LogP contribution in [0.3, 0.4) is 0 Å². The van der Waals surface area contributed by atoms with Gasteiger partial charge in [-0.05, 0) is 42.3 Å². The predicted octanol–water partition coefficient (Wildman–Crippen LogP) is 3.93. The van der Waals surface area contributed by atoms with Gasteiger partial charge in [-0.3, -0.25) is 4.79 Å². The van der Waals surface area contributed by atoms with Gasteiger partial charge in [-0.1, -0.05) is 24.3 Å². The maximum absolute atomic E-state index is 12.0. The van der Waals surface area contributed by atoms with Gasteiger partial charge in [-0.15, -0.1) is 11.8 Å². The van der Waals surface area contributed by atoms with Crippen molar-refractivity contribution >= 4 is 29.0 Å². The zero-order chi connectivity index (χ0) is 15.9. The molecule has 3 nitrogen and oxygen atoms in total. The number of anilines is 2. The average Bonchev–Trinajstić information content (AvgIpc) is 2.50. The Balaban J connectivity index is 1.79. The van der Waals surface area contributed by atoms with Crippen LogP contribution in [0.1, 0.15) is 11.1 Å². The number of thioether (sulfide) groups is 1. The fourth-order valence-electron chi connectivity index (χ4n) is 2.07. The summed E-state index contributed by atoms with van der Waals surface area (Å²) in [5.41, 5.74) is 4.52. The third-order valence-corrected chi connectivity index (χ3v) is 4.40. The minimum Gasteiger partial charge on any atom is -0.378 e. The number of nitrogens with one attached hydrogen (secondary N) is 1. The van der Waals surface area contributed by atoms with Crippen LogP contribution >= 0.6 is 11.8 Å². The molecule has 0 aliphatic rings. The number of hydrogen-bond acceptors (Lipinski definition) is 3. The molecule has 0 bridgehead atoms. The second kappa shape index (κ2) is 7.90. The molecule has 4 heteroatoms. The second-order valence-corrected chi connectivity index (χ2v) is 6.39. The van der Waals surface area contributed by atoms with Crippen LogP contribution in [0, 0.1) is 6.92 Å². The zero-order valence-corrected chi connectivity index (χ0v) is 14.1. The van der Waals surface area contributed by atoms with Gasteiger partial charge >= 0.3 is 0 Å². The highest BCUT2D eigenvalue weighted by molar-refractivity contribution is 7.99. The fraction of sp³-hybridized carbons (Fsp3) is 0.278. The van der Waals surface area contributed by atoms with Crippen LogP contribution in [-0.2, 0) is 10.5 Å². The molecule has 0 radical (unpaired) electrons. The first-order chi connectivity index (χ1) is 10.6. The maximum Gasteiger partial charge on any atom is 0.234 e. The molecule has 22 heavy (non-hydrogen) atoms. The largest absolute Gasteiger partial charge is 0.378 e. The molecular formula is C18H22N2OS. The Labute approximate surface area is 136 Å². The molecule has 0 atom stereocenters. The van der Waals surface area contributed by atoms with Gasteiger partial charge in [0.15, 0.2) is 0 Å². The Morgan fingerprint density at radius 3 is 2.41 bits per heavy atom. The molecule has 0 saturated heterocycles. The van der Waals surface area contributed by atoms with Crippen molar-refractivity contribution in [1.82, 2.24) is 0 Å². The predicted molar refractivity (Wildman–Crippen MR) is 96.7 cm³/mol. The van der Waals surface area contributed by atoms with Crippen LogP contribution in [0.5, 0.6) is 0 Å². The average molecular weight is 314 g/mol. The smallest absolute Gasteiger partial charge is 0.234 e. The zero-order valence-electron chi connectivity index (χ0n) is 13.3. The van der Waals surface area contributed by atoms with Crippen LogP contribution in [0.25, 0.3) is 0 Å². The molecule has 2 aromatic rings. The SMILES string of the molecule is Cc1ccccc1CSCC(=O)Nc1ccc(N(C)C)cc1. The number of hydrogen-bond donors (Lipinski definition) is 1. The van der Waals surface area contributed by atoms with Gasteiger partial charge in [0.2, 0.25) is 5.91 Å². The number of benzene rings is 2. The van der Waals surface area contributed by atoms with Crippen LogP contribution in [0.15, 0.2) is 48.5 Å². The van der Waals surface area contributed by atoms with E-state index in [1.807, 2.05) is 55.4 Å². The lowest BCUT2D eigenvalue weighted by Crippen LogP contribution is -2.14. The minimum absolute atomic E-state index is 0.0381. The normalized spacial score (nSPS) is 10.3. The summed E-state index contributed by atoms with van der Waals surface area (Å²) in [6.07, 6.45) is 0. The third kappa shape index (κ3) is 4.81. The molecular weight excluding hydrogens is 292 g/mol. The summed E-state index contributed by atoms with van der Waals surface area (Å²) in [4.78, 5) is 14.0. The Morgan fingerprint density at radius 2 is 1.77 bits per heavy atom. The van der Waals surface area contributed by atoms with E-state index in [4.69, 9.17) is 0 Å². The molecule has 1 amide bonds. The first-order valence-electron chi connectivity index (χ1n) is 7.26. The van der Waals surface area contributed by atoms with Gasteiger partial charge in [0.05, 0.1) is 5.75 Å². The summed E-state index contributed by atoms with van der Waals surface area (Å²) < 4.78 is 0. The van der Waals surface area contributed by atoms with Crippen LogP contribution in [0.4, 0.5) is 11.4 Å². The molecule has 0 unspecified atom stereocenters. The van der Waals surface area contributed by atoms with Crippen molar-refractivity contribution in [3.63, 3.8) is 0 Å². The molecule has 0 aliphatic heterocycles. The van der Waals surface area contributed by atoms with Gasteiger partial charge in [0.25, 0.3) is 0 Å². The Kier molecular flexibility index (Phi) is 5.90. The number of aryl methyl sites for hydroxylation is 1. The van der Waals surface area contributed by atoms with Crippen molar-refractivity contribution in [3.8, 4) is 0 Å². The van der Waals surface area contributed by atoms with Crippen molar-refractivity contribution in [2.45, 2.75) is 12.7 Å². The highest BCUT2D eigenvalue weighted by atomic mass is 32.2. The fourth-order valence-corrected chi connectivity index (χ4v) is 2.97. The van der Waals surface area contributed by atoms with E-state index in [1.54, 1.807) is 11.8 Å². The third-order valence-electron chi connectivity index (χ3n) is 3.42. The lowest BCUT2D eigenvalue weighted by Gasteiger charge is -2.13. The van der Waals surface area contributed by atoms with Gasteiger partial charge in [0, 0.05) is 31.2 Å². The van der Waals surface area contributed by atoms with Gasteiger partial charge < -0.3 is 10.2 Å². The summed E-state index contributed by atoms with van der Waals surface area (Å²) in [6.45, 7) is 2.10. The number of nitrogens with zero attached hydrogens (tertiary/aromatic N) is 1. The topological polar surface area (TPSA) is 32.3 Å². The van der Waals surface area contributed by atoms with E-state index in [9.17, 15) is 4.79 Å². The number of rotatable bonds is 6. The Bertz CT molecular complexity index is 623. The van der Waals surface area contributed by atoms with Crippen molar-refractivity contribution in [3.05, 3.63) is 59.7 Å². The molecule has 2 aromatic carbocycles. The van der Waals surface area contributed by atoms with E-state index in [0.29, 0.717) is 5.75 Å². The highest BCUT2D eigenvalue weighted by Crippen LogP contribution is 2.18. The van der Waals surface area contributed by atoms with Gasteiger partial charge in [-0.2, -0.15) is 0 Å². The first kappa shape index (κ1) is 16.4. The maximum atomic E-state index is 12.0. The van der Waals surface area contributed by atoms with E-state index in [1.165, 1.54) is 11.1 Å². The molecule has 0 heterocycles. The van der Waals surface area contributed by atoms with Crippen molar-refractivity contribution in [1.29, 1.82) is 0 Å². The summed E-state index contributed by atoms with van der Waals surface area (Å²) in [5, 5.41) is 2.93. The molecule has 0 aromatic heterocycles. The van der Waals surface area contributed by atoms with Gasteiger partial charge in [-0.25, -0.2) is 0 Å². The van der Waals surface area contributed by atoms with E-state index in [2.05, 4.69) is 24.4 Å². The minimum atomic E-state index is 0.0381. The molecule has 2 rings (SSSR count). The standard InChI is InChI=1S/C18H22N2OS/c1-14-6-4-5-7-15(14)12-22-13-18(21)19-16-8-10-17(11-9-16)20(2)3/h4-11H,12-13H2,1-3H3,(H,19,21). The quantitative estimate of drug-likeness (QED) is 0.877. The number of carbonyl (C=O) groups is 1. The van der Waals surface area contributed by atoms with Crippen molar-refractivity contribution < 1.29 is 4.79 Å². The first-order valence-corrected chi connectivity index (χ1v) is 8.41. The monoisotopic (exact) mass is 314 g/mol. The summed E-state index contributed by atoms with van der Waals surface area (Å²) in [7, 11) is 3.99. The van der Waals surface area contributed by atoms with Crippen molar-refractivity contribution in [2.75, 3.05) is 30.1 Å². The highest BCUT2D eigenvalue weighted by Gasteiger charge is 2.04. The van der Waals surface area contributed by atoms with E-state index >= 15 is 0 Å². The lowest BCUT2D eigenvalue weighted by molar-refractivity contribution is -0.113. The molecule has 0 aliphatic carbocycles. The lowest BCUT2D eigenvalue weighted by atomic mass is 10.1. The Morgan fingerprint density at radius 1 is 1.09 bits per heavy atom. The summed E-state index contributed by atoms with van der Waals surface area (Å²) in [5.74, 6) is 1.36.